The Bertz CT molecular complexity index is 345. The molecule has 1 aromatic rings. The van der Waals surface area contributed by atoms with Gasteiger partial charge in [0, 0.05) is 11.6 Å². The van der Waals surface area contributed by atoms with E-state index in [4.69, 9.17) is 15.2 Å². The molecule has 0 bridgehead atoms. The highest BCUT2D eigenvalue weighted by Gasteiger charge is 2.29. The molecule has 0 spiro atoms. The summed E-state index contributed by atoms with van der Waals surface area (Å²) in [5, 5.41) is 0. The van der Waals surface area contributed by atoms with E-state index in [9.17, 15) is 0 Å². The minimum absolute atomic E-state index is 0.353. The van der Waals surface area contributed by atoms with E-state index in [1.54, 1.807) is 14.2 Å². The molecule has 0 atom stereocenters. The van der Waals surface area contributed by atoms with Gasteiger partial charge in [-0.2, -0.15) is 0 Å². The predicted octanol–water partition coefficient (Wildman–Crippen LogP) is 1.91. The van der Waals surface area contributed by atoms with Gasteiger partial charge in [0.15, 0.2) is 0 Å². The number of rotatable bonds is 3. The highest BCUT2D eigenvalue weighted by Crippen LogP contribution is 2.41. The second-order valence-electron chi connectivity index (χ2n) is 4.04. The van der Waals surface area contributed by atoms with Gasteiger partial charge in [-0.15, -0.1) is 0 Å². The van der Waals surface area contributed by atoms with Crippen molar-refractivity contribution in [2.24, 2.45) is 5.73 Å². The zero-order chi connectivity index (χ0) is 10.8. The molecule has 1 fully saturated rings. The van der Waals surface area contributed by atoms with E-state index in [1.807, 2.05) is 12.1 Å². The lowest BCUT2D eigenvalue weighted by atomic mass is 9.76. The van der Waals surface area contributed by atoms with Crippen molar-refractivity contribution in [3.8, 4) is 11.5 Å². The van der Waals surface area contributed by atoms with Crippen LogP contribution in [0.1, 0.15) is 24.3 Å². The quantitative estimate of drug-likeness (QED) is 0.823. The molecule has 0 unspecified atom stereocenters. The van der Waals surface area contributed by atoms with Crippen LogP contribution < -0.4 is 15.2 Å². The van der Waals surface area contributed by atoms with Gasteiger partial charge in [0.25, 0.3) is 0 Å². The summed E-state index contributed by atoms with van der Waals surface area (Å²) in [5.41, 5.74) is 7.02. The Morgan fingerprint density at radius 1 is 1.20 bits per heavy atom. The van der Waals surface area contributed by atoms with E-state index in [1.165, 1.54) is 5.56 Å². The maximum atomic E-state index is 5.80. The van der Waals surface area contributed by atoms with Crippen LogP contribution in [-0.4, -0.2) is 20.3 Å². The van der Waals surface area contributed by atoms with Gasteiger partial charge < -0.3 is 15.2 Å². The lowest BCUT2D eigenvalue weighted by molar-refractivity contribution is 0.331. The van der Waals surface area contributed by atoms with Gasteiger partial charge in [0.2, 0.25) is 0 Å². The number of hydrogen-bond donors (Lipinski definition) is 1. The Labute approximate surface area is 90.2 Å². The van der Waals surface area contributed by atoms with Gasteiger partial charge in [0.1, 0.15) is 11.5 Å². The molecule has 0 aromatic heterocycles. The van der Waals surface area contributed by atoms with Gasteiger partial charge in [0.05, 0.1) is 14.2 Å². The van der Waals surface area contributed by atoms with Crippen LogP contribution in [0.3, 0.4) is 0 Å². The highest BCUT2D eigenvalue weighted by molar-refractivity contribution is 5.43. The first-order valence-electron chi connectivity index (χ1n) is 5.22. The molecule has 0 aliphatic heterocycles. The topological polar surface area (TPSA) is 44.5 Å². The largest absolute Gasteiger partial charge is 0.497 e. The van der Waals surface area contributed by atoms with E-state index in [-0.39, 0.29) is 0 Å². The molecular weight excluding hydrogens is 190 g/mol. The fraction of sp³-hybridized carbons (Fsp3) is 0.500. The van der Waals surface area contributed by atoms with E-state index >= 15 is 0 Å². The minimum atomic E-state index is 0.353. The summed E-state index contributed by atoms with van der Waals surface area (Å²) in [6.45, 7) is 0. The second kappa shape index (κ2) is 4.11. The molecule has 1 aromatic carbocycles. The van der Waals surface area contributed by atoms with Crippen LogP contribution >= 0.6 is 0 Å². The minimum Gasteiger partial charge on any atom is -0.497 e. The van der Waals surface area contributed by atoms with Crippen molar-refractivity contribution < 1.29 is 9.47 Å². The lowest BCUT2D eigenvalue weighted by Gasteiger charge is -2.33. The summed E-state index contributed by atoms with van der Waals surface area (Å²) < 4.78 is 10.6. The van der Waals surface area contributed by atoms with Crippen LogP contribution in [0, 0.1) is 0 Å². The molecule has 2 N–H and O–H groups in total. The molecule has 0 amide bonds. The van der Waals surface area contributed by atoms with Gasteiger partial charge in [-0.3, -0.25) is 0 Å². The number of nitrogens with two attached hydrogens (primary N) is 1. The average molecular weight is 207 g/mol. The van der Waals surface area contributed by atoms with Crippen molar-refractivity contribution in [1.29, 1.82) is 0 Å². The number of ether oxygens (including phenoxy) is 2. The summed E-state index contributed by atoms with van der Waals surface area (Å²) in [4.78, 5) is 0. The molecule has 1 aliphatic carbocycles. The van der Waals surface area contributed by atoms with Crippen LogP contribution in [0.2, 0.25) is 0 Å². The van der Waals surface area contributed by atoms with Crippen LogP contribution in [0.25, 0.3) is 0 Å². The standard InChI is InChI=1S/C12H17NO2/c1-14-10-3-4-12(15-2)11(7-10)8-5-9(13)6-8/h3-4,7-9H,5-6,13H2,1-2H3. The molecule has 1 aliphatic rings. The second-order valence-corrected chi connectivity index (χ2v) is 4.04. The van der Waals surface area contributed by atoms with Gasteiger partial charge in [-0.25, -0.2) is 0 Å². The lowest BCUT2D eigenvalue weighted by Crippen LogP contribution is -2.34. The molecule has 2 rings (SSSR count). The maximum Gasteiger partial charge on any atom is 0.122 e. The zero-order valence-corrected chi connectivity index (χ0v) is 9.19. The number of methoxy groups -OCH3 is 2. The molecule has 0 radical (unpaired) electrons. The van der Waals surface area contributed by atoms with Gasteiger partial charge in [-0.05, 0) is 37.0 Å². The third kappa shape index (κ3) is 1.92. The Morgan fingerprint density at radius 3 is 2.47 bits per heavy atom. The number of benzene rings is 1. The first-order valence-corrected chi connectivity index (χ1v) is 5.22. The molecular formula is C12H17NO2. The van der Waals surface area contributed by atoms with Crippen LogP contribution in [0.15, 0.2) is 18.2 Å². The Hall–Kier alpha value is -1.22. The highest BCUT2D eigenvalue weighted by atomic mass is 16.5. The van der Waals surface area contributed by atoms with Crippen molar-refractivity contribution in [1.82, 2.24) is 0 Å². The molecule has 82 valence electrons. The molecule has 3 heteroatoms. The van der Waals surface area contributed by atoms with E-state index in [0.29, 0.717) is 12.0 Å². The van der Waals surface area contributed by atoms with Crippen molar-refractivity contribution in [3.05, 3.63) is 23.8 Å². The third-order valence-corrected chi connectivity index (χ3v) is 3.05. The summed E-state index contributed by atoms with van der Waals surface area (Å²) >= 11 is 0. The third-order valence-electron chi connectivity index (χ3n) is 3.05. The normalized spacial score (nSPS) is 24.5. The summed E-state index contributed by atoms with van der Waals surface area (Å²) in [7, 11) is 3.38. The molecule has 15 heavy (non-hydrogen) atoms. The van der Waals surface area contributed by atoms with E-state index < -0.39 is 0 Å². The smallest absolute Gasteiger partial charge is 0.122 e. The van der Waals surface area contributed by atoms with Gasteiger partial charge in [-0.1, -0.05) is 0 Å². The number of hydrogen-bond acceptors (Lipinski definition) is 3. The Morgan fingerprint density at radius 2 is 1.93 bits per heavy atom. The summed E-state index contributed by atoms with van der Waals surface area (Å²) in [5.74, 6) is 2.35. The van der Waals surface area contributed by atoms with Crippen LogP contribution in [-0.2, 0) is 0 Å². The Kier molecular flexibility index (Phi) is 2.82. The van der Waals surface area contributed by atoms with Crippen molar-refractivity contribution in [2.45, 2.75) is 24.8 Å². The van der Waals surface area contributed by atoms with Crippen molar-refractivity contribution >= 4 is 0 Å². The van der Waals surface area contributed by atoms with E-state index in [0.717, 1.165) is 24.3 Å². The van der Waals surface area contributed by atoms with Crippen molar-refractivity contribution in [3.63, 3.8) is 0 Å². The first-order chi connectivity index (χ1) is 7.24. The zero-order valence-electron chi connectivity index (χ0n) is 9.19. The summed E-state index contributed by atoms with van der Waals surface area (Å²) in [6, 6.07) is 6.28. The SMILES string of the molecule is COc1ccc(OC)c(C2CC(N)C2)c1. The Balaban J connectivity index is 2.26. The fourth-order valence-corrected chi connectivity index (χ4v) is 2.07. The van der Waals surface area contributed by atoms with E-state index in [2.05, 4.69) is 6.07 Å². The predicted molar refractivity (Wildman–Crippen MR) is 59.5 cm³/mol. The fourth-order valence-electron chi connectivity index (χ4n) is 2.07. The molecule has 0 heterocycles. The molecule has 0 saturated heterocycles. The van der Waals surface area contributed by atoms with Gasteiger partial charge >= 0.3 is 0 Å². The average Bonchev–Trinajstić information content (AvgIpc) is 2.24. The molecule has 1 saturated carbocycles. The maximum absolute atomic E-state index is 5.80. The van der Waals surface area contributed by atoms with Crippen molar-refractivity contribution in [2.75, 3.05) is 14.2 Å². The first kappa shape index (κ1) is 10.3. The molecule has 3 nitrogen and oxygen atoms in total. The van der Waals surface area contributed by atoms with Crippen LogP contribution in [0.5, 0.6) is 11.5 Å². The van der Waals surface area contributed by atoms with Crippen LogP contribution in [0.4, 0.5) is 0 Å². The summed E-state index contributed by atoms with van der Waals surface area (Å²) in [6.07, 6.45) is 2.09. The monoisotopic (exact) mass is 207 g/mol.